The molecule has 1 atom stereocenters. The molecule has 0 aromatic heterocycles. The second kappa shape index (κ2) is 7.68. The van der Waals surface area contributed by atoms with Crippen LogP contribution in [0.5, 0.6) is 5.75 Å². The molecule has 0 bridgehead atoms. The van der Waals surface area contributed by atoms with Gasteiger partial charge in [-0.3, -0.25) is 4.79 Å². The van der Waals surface area contributed by atoms with Crippen LogP contribution < -0.4 is 10.1 Å². The van der Waals surface area contributed by atoms with Crippen molar-refractivity contribution in [2.24, 2.45) is 0 Å². The summed E-state index contributed by atoms with van der Waals surface area (Å²) < 4.78 is 49.7. The highest BCUT2D eigenvalue weighted by molar-refractivity contribution is 5.97. The summed E-state index contributed by atoms with van der Waals surface area (Å²) in [5.74, 6) is -0.750. The van der Waals surface area contributed by atoms with E-state index < -0.39 is 23.2 Å². The van der Waals surface area contributed by atoms with Gasteiger partial charge in [0.1, 0.15) is 11.4 Å². The Morgan fingerprint density at radius 1 is 1.17 bits per heavy atom. The third-order valence-electron chi connectivity index (χ3n) is 3.46. The van der Waals surface area contributed by atoms with Crippen LogP contribution in [-0.4, -0.2) is 24.7 Å². The number of carbonyl (C=O) groups is 1. The Morgan fingerprint density at radius 2 is 1.83 bits per heavy atom. The molecule has 0 aliphatic rings. The van der Waals surface area contributed by atoms with E-state index in [2.05, 4.69) is 5.32 Å². The molecule has 1 amide bonds. The van der Waals surface area contributed by atoms with E-state index in [4.69, 9.17) is 9.47 Å². The summed E-state index contributed by atoms with van der Waals surface area (Å²) in [7, 11) is 0. The molecular weight excluding hydrogens is 311 g/mol. The van der Waals surface area contributed by atoms with Gasteiger partial charge in [-0.2, -0.15) is 13.2 Å². The molecule has 0 aliphatic carbocycles. The van der Waals surface area contributed by atoms with Gasteiger partial charge in [0.2, 0.25) is 0 Å². The van der Waals surface area contributed by atoms with Crippen LogP contribution in [0.25, 0.3) is 0 Å². The van der Waals surface area contributed by atoms with Crippen LogP contribution in [-0.2, 0) is 15.7 Å². The number of hydrogen-bond acceptors (Lipinski definition) is 3. The van der Waals surface area contributed by atoms with E-state index in [9.17, 15) is 18.0 Å². The molecule has 0 unspecified atom stereocenters. The van der Waals surface area contributed by atoms with Crippen LogP contribution in [0.4, 0.5) is 18.9 Å². The van der Waals surface area contributed by atoms with E-state index in [0.717, 1.165) is 6.07 Å². The summed E-state index contributed by atoms with van der Waals surface area (Å²) in [4.78, 5) is 12.3. The summed E-state index contributed by atoms with van der Waals surface area (Å²) in [6.45, 7) is 7.17. The second-order valence-electron chi connectivity index (χ2n) is 5.11. The number of nitrogens with one attached hydrogen (secondary N) is 1. The van der Waals surface area contributed by atoms with Gasteiger partial charge in [0.15, 0.2) is 0 Å². The van der Waals surface area contributed by atoms with Crippen molar-refractivity contribution in [2.75, 3.05) is 18.5 Å². The van der Waals surface area contributed by atoms with Gasteiger partial charge in [-0.25, -0.2) is 0 Å². The summed E-state index contributed by atoms with van der Waals surface area (Å²) in [5, 5.41) is 2.48. The normalized spacial score (nSPS) is 14.2. The number of anilines is 1. The molecule has 0 saturated carbocycles. The van der Waals surface area contributed by atoms with Gasteiger partial charge in [-0.05, 0) is 45.4 Å². The number of amides is 1. The van der Waals surface area contributed by atoms with Crippen molar-refractivity contribution in [3.05, 3.63) is 23.8 Å². The average Bonchev–Trinajstić information content (AvgIpc) is 2.48. The zero-order valence-corrected chi connectivity index (χ0v) is 13.7. The molecule has 0 heterocycles. The van der Waals surface area contributed by atoms with Gasteiger partial charge in [0.05, 0.1) is 12.2 Å². The molecule has 130 valence electrons. The molecule has 0 fully saturated rings. The van der Waals surface area contributed by atoms with Crippen LogP contribution in [0, 0.1) is 0 Å². The van der Waals surface area contributed by atoms with Crippen molar-refractivity contribution in [3.63, 3.8) is 0 Å². The maximum Gasteiger partial charge on any atom is 0.420 e. The lowest BCUT2D eigenvalue weighted by Crippen LogP contribution is -2.42. The SMILES string of the molecule is CCOc1ccc(NC(=O)[C@](C)(CC)OCC)cc1C(F)(F)F. The monoisotopic (exact) mass is 333 g/mol. The fraction of sp³-hybridized carbons (Fsp3) is 0.562. The summed E-state index contributed by atoms with van der Waals surface area (Å²) in [5.41, 5.74) is -1.97. The molecule has 0 radical (unpaired) electrons. The highest BCUT2D eigenvalue weighted by Gasteiger charge is 2.36. The Labute approximate surface area is 134 Å². The Kier molecular flexibility index (Phi) is 6.44. The van der Waals surface area contributed by atoms with Gasteiger partial charge in [0, 0.05) is 12.3 Å². The minimum absolute atomic E-state index is 0.0464. The van der Waals surface area contributed by atoms with Crippen molar-refractivity contribution < 1.29 is 27.4 Å². The number of benzene rings is 1. The molecular formula is C16H22F3NO3. The van der Waals surface area contributed by atoms with Crippen molar-refractivity contribution in [2.45, 2.75) is 45.9 Å². The molecule has 4 nitrogen and oxygen atoms in total. The van der Waals surface area contributed by atoms with E-state index in [1.165, 1.54) is 12.1 Å². The van der Waals surface area contributed by atoms with E-state index in [0.29, 0.717) is 13.0 Å². The van der Waals surface area contributed by atoms with Gasteiger partial charge in [0.25, 0.3) is 5.91 Å². The highest BCUT2D eigenvalue weighted by Crippen LogP contribution is 2.38. The lowest BCUT2D eigenvalue weighted by atomic mass is 10.0. The summed E-state index contributed by atoms with van der Waals surface area (Å²) in [6, 6.07) is 3.44. The number of carbonyl (C=O) groups excluding carboxylic acids is 1. The van der Waals surface area contributed by atoms with E-state index in [1.807, 2.05) is 0 Å². The average molecular weight is 333 g/mol. The van der Waals surface area contributed by atoms with Crippen LogP contribution in [0.2, 0.25) is 0 Å². The molecule has 23 heavy (non-hydrogen) atoms. The first-order valence-corrected chi connectivity index (χ1v) is 7.47. The van der Waals surface area contributed by atoms with Gasteiger partial charge in [-0.15, -0.1) is 0 Å². The maximum absolute atomic E-state index is 13.1. The van der Waals surface area contributed by atoms with Gasteiger partial charge < -0.3 is 14.8 Å². The number of ether oxygens (including phenoxy) is 2. The molecule has 7 heteroatoms. The molecule has 1 aromatic carbocycles. The lowest BCUT2D eigenvalue weighted by molar-refractivity contribution is -0.140. The maximum atomic E-state index is 13.1. The van der Waals surface area contributed by atoms with Crippen molar-refractivity contribution >= 4 is 11.6 Å². The molecule has 0 aliphatic heterocycles. The Balaban J connectivity index is 3.08. The molecule has 1 N–H and O–H groups in total. The molecule has 0 spiro atoms. The van der Waals surface area contributed by atoms with Crippen LogP contribution in [0.3, 0.4) is 0 Å². The zero-order chi connectivity index (χ0) is 17.7. The number of rotatable bonds is 7. The second-order valence-corrected chi connectivity index (χ2v) is 5.11. The Morgan fingerprint density at radius 3 is 2.30 bits per heavy atom. The van der Waals surface area contributed by atoms with Crippen molar-refractivity contribution in [1.82, 2.24) is 0 Å². The molecule has 0 saturated heterocycles. The van der Waals surface area contributed by atoms with E-state index >= 15 is 0 Å². The van der Waals surface area contributed by atoms with Crippen molar-refractivity contribution in [1.29, 1.82) is 0 Å². The summed E-state index contributed by atoms with van der Waals surface area (Å²) in [6.07, 6.45) is -4.17. The fourth-order valence-electron chi connectivity index (χ4n) is 2.02. The van der Waals surface area contributed by atoms with Gasteiger partial charge >= 0.3 is 6.18 Å². The van der Waals surface area contributed by atoms with E-state index in [1.54, 1.807) is 27.7 Å². The first-order chi connectivity index (χ1) is 10.7. The quantitative estimate of drug-likeness (QED) is 0.811. The zero-order valence-electron chi connectivity index (χ0n) is 13.7. The minimum Gasteiger partial charge on any atom is -0.493 e. The summed E-state index contributed by atoms with van der Waals surface area (Å²) >= 11 is 0. The first kappa shape index (κ1) is 19.3. The largest absolute Gasteiger partial charge is 0.493 e. The molecule has 1 rings (SSSR count). The third kappa shape index (κ3) is 4.86. The van der Waals surface area contributed by atoms with Crippen LogP contribution >= 0.6 is 0 Å². The first-order valence-electron chi connectivity index (χ1n) is 7.47. The fourth-order valence-corrected chi connectivity index (χ4v) is 2.02. The minimum atomic E-state index is -4.57. The number of hydrogen-bond donors (Lipinski definition) is 1. The van der Waals surface area contributed by atoms with Gasteiger partial charge in [-0.1, -0.05) is 6.92 Å². The Hall–Kier alpha value is -1.76. The van der Waals surface area contributed by atoms with Crippen molar-refractivity contribution in [3.8, 4) is 5.75 Å². The van der Waals surface area contributed by atoms with Crippen LogP contribution in [0.15, 0.2) is 18.2 Å². The number of halogens is 3. The van der Waals surface area contributed by atoms with E-state index in [-0.39, 0.29) is 18.0 Å². The topological polar surface area (TPSA) is 47.6 Å². The number of alkyl halides is 3. The third-order valence-corrected chi connectivity index (χ3v) is 3.46. The van der Waals surface area contributed by atoms with Crippen LogP contribution in [0.1, 0.15) is 39.7 Å². The predicted octanol–water partition coefficient (Wildman–Crippen LogP) is 4.25. The molecule has 1 aromatic rings. The lowest BCUT2D eigenvalue weighted by Gasteiger charge is -2.27. The Bertz CT molecular complexity index is 546. The standard InChI is InChI=1S/C16H22F3NO3/c1-5-15(4,23-7-3)14(21)20-11-8-9-13(22-6-2)12(10-11)16(17,18)19/h8-10H,5-7H2,1-4H3,(H,20,21)/t15-/m0/s1. The predicted molar refractivity (Wildman–Crippen MR) is 81.6 cm³/mol. The highest BCUT2D eigenvalue weighted by atomic mass is 19.4. The smallest absolute Gasteiger partial charge is 0.420 e.